The highest BCUT2D eigenvalue weighted by molar-refractivity contribution is 7.89. The van der Waals surface area contributed by atoms with E-state index in [2.05, 4.69) is 6.58 Å². The molecule has 2 aromatic carbocycles. The Kier molecular flexibility index (Phi) is 7.81. The highest BCUT2D eigenvalue weighted by atomic mass is 32.2. The summed E-state index contributed by atoms with van der Waals surface area (Å²) in [6.45, 7) is 6.31. The van der Waals surface area contributed by atoms with Crippen molar-refractivity contribution in [2.75, 3.05) is 32.8 Å². The third-order valence-corrected chi connectivity index (χ3v) is 8.81. The van der Waals surface area contributed by atoms with Gasteiger partial charge in [0.1, 0.15) is 17.3 Å². The Morgan fingerprint density at radius 3 is 2.49 bits per heavy atom. The standard InChI is InChI=1S/C30H27N5O5S/c1-3-12-34-29(36)26(21(2)27(19-31)30(34)37)18-23-20-35(24-9-5-4-6-10-24)32-28(23)22-8-7-11-25(17-22)41(38,39)33-13-15-40-16-14-33/h3-11,17-18,20H,1,12-16H2,2H3/b26-18+. The summed E-state index contributed by atoms with van der Waals surface area (Å²) in [5, 5.41) is 14.4. The van der Waals surface area contributed by atoms with Crippen LogP contribution >= 0.6 is 0 Å². The van der Waals surface area contributed by atoms with Crippen LogP contribution in [0.2, 0.25) is 0 Å². The summed E-state index contributed by atoms with van der Waals surface area (Å²) in [5.41, 5.74) is 2.48. The highest BCUT2D eigenvalue weighted by Gasteiger charge is 2.35. The van der Waals surface area contributed by atoms with Crippen molar-refractivity contribution in [1.29, 1.82) is 5.26 Å². The van der Waals surface area contributed by atoms with E-state index in [1.54, 1.807) is 42.1 Å². The molecule has 3 heterocycles. The third kappa shape index (κ3) is 5.28. The van der Waals surface area contributed by atoms with E-state index in [9.17, 15) is 23.3 Å². The Morgan fingerprint density at radius 1 is 1.07 bits per heavy atom. The van der Waals surface area contributed by atoms with Gasteiger partial charge in [0.15, 0.2) is 0 Å². The van der Waals surface area contributed by atoms with Crippen LogP contribution in [-0.2, 0) is 24.3 Å². The molecule has 1 aromatic heterocycles. The molecule has 11 heteroatoms. The first-order chi connectivity index (χ1) is 19.8. The van der Waals surface area contributed by atoms with Gasteiger partial charge in [-0.3, -0.25) is 14.5 Å². The van der Waals surface area contributed by atoms with Crippen LogP contribution in [0.1, 0.15) is 12.5 Å². The predicted molar refractivity (Wildman–Crippen MR) is 152 cm³/mol. The van der Waals surface area contributed by atoms with Crippen LogP contribution in [-0.4, -0.2) is 72.1 Å². The molecule has 5 rings (SSSR count). The van der Waals surface area contributed by atoms with Crippen LogP contribution in [0.4, 0.5) is 0 Å². The van der Waals surface area contributed by atoms with E-state index in [-0.39, 0.29) is 41.2 Å². The Hall–Kier alpha value is -4.63. The molecular formula is C30H27N5O5S. The molecule has 0 N–H and O–H groups in total. The van der Waals surface area contributed by atoms with Crippen molar-refractivity contribution >= 4 is 27.9 Å². The monoisotopic (exact) mass is 569 g/mol. The summed E-state index contributed by atoms with van der Waals surface area (Å²) in [5.74, 6) is -1.23. The van der Waals surface area contributed by atoms with Gasteiger partial charge >= 0.3 is 0 Å². The summed E-state index contributed by atoms with van der Waals surface area (Å²) in [7, 11) is -3.77. The number of amides is 2. The van der Waals surface area contributed by atoms with Gasteiger partial charge in [0, 0.05) is 42.5 Å². The zero-order valence-corrected chi connectivity index (χ0v) is 23.2. The number of carbonyl (C=O) groups excluding carboxylic acids is 2. The van der Waals surface area contributed by atoms with E-state index >= 15 is 0 Å². The minimum Gasteiger partial charge on any atom is -0.379 e. The second-order valence-electron chi connectivity index (χ2n) is 9.44. The first-order valence-corrected chi connectivity index (χ1v) is 14.3. The summed E-state index contributed by atoms with van der Waals surface area (Å²) in [6, 6.07) is 17.7. The maximum Gasteiger partial charge on any atom is 0.271 e. The van der Waals surface area contributed by atoms with Gasteiger partial charge in [-0.1, -0.05) is 36.4 Å². The first-order valence-electron chi connectivity index (χ1n) is 12.9. The SMILES string of the molecule is C=CCN1C(=O)C(C#N)=C(C)/C(=C\c2cn(-c3ccccc3)nc2-c2cccc(S(=O)(=O)N3CCOCC3)c2)C1=O. The predicted octanol–water partition coefficient (Wildman–Crippen LogP) is 3.34. The Labute approximate surface area is 238 Å². The Bertz CT molecular complexity index is 1740. The number of hydrogen-bond donors (Lipinski definition) is 0. The molecular weight excluding hydrogens is 542 g/mol. The fraction of sp³-hybridized carbons (Fsp3) is 0.200. The van der Waals surface area contributed by atoms with Crippen molar-refractivity contribution in [3.63, 3.8) is 0 Å². The average molecular weight is 570 g/mol. The molecule has 41 heavy (non-hydrogen) atoms. The first kappa shape index (κ1) is 27.9. The molecule has 0 saturated carbocycles. The zero-order valence-electron chi connectivity index (χ0n) is 22.4. The number of nitriles is 1. The summed E-state index contributed by atoms with van der Waals surface area (Å²) in [6.07, 6.45) is 4.73. The van der Waals surface area contributed by atoms with E-state index in [0.29, 0.717) is 30.0 Å². The van der Waals surface area contributed by atoms with Gasteiger partial charge in [0.2, 0.25) is 10.0 Å². The second-order valence-corrected chi connectivity index (χ2v) is 11.4. The van der Waals surface area contributed by atoms with Gasteiger partial charge in [-0.15, -0.1) is 6.58 Å². The molecule has 0 radical (unpaired) electrons. The minimum absolute atomic E-state index is 0.0505. The van der Waals surface area contributed by atoms with E-state index in [0.717, 1.165) is 10.6 Å². The van der Waals surface area contributed by atoms with E-state index in [1.807, 2.05) is 36.4 Å². The van der Waals surface area contributed by atoms with Gasteiger partial charge in [-0.05, 0) is 42.8 Å². The second kappa shape index (κ2) is 11.5. The highest BCUT2D eigenvalue weighted by Crippen LogP contribution is 2.32. The fourth-order valence-corrected chi connectivity index (χ4v) is 6.20. The average Bonchev–Trinajstić information content (AvgIpc) is 3.43. The Balaban J connectivity index is 1.67. The number of rotatable bonds is 7. The van der Waals surface area contributed by atoms with E-state index in [4.69, 9.17) is 9.84 Å². The summed E-state index contributed by atoms with van der Waals surface area (Å²) < 4.78 is 35.1. The molecule has 0 aliphatic carbocycles. The largest absolute Gasteiger partial charge is 0.379 e. The van der Waals surface area contributed by atoms with Gasteiger partial charge in [0.05, 0.1) is 23.8 Å². The van der Waals surface area contributed by atoms with Crippen LogP contribution < -0.4 is 0 Å². The van der Waals surface area contributed by atoms with Crippen molar-refractivity contribution < 1.29 is 22.7 Å². The van der Waals surface area contributed by atoms with Crippen LogP contribution in [0, 0.1) is 11.3 Å². The molecule has 1 saturated heterocycles. The summed E-state index contributed by atoms with van der Waals surface area (Å²) >= 11 is 0. The molecule has 1 fully saturated rings. The van der Waals surface area contributed by atoms with Crippen molar-refractivity contribution in [2.24, 2.45) is 0 Å². The number of sulfonamides is 1. The molecule has 2 amide bonds. The lowest BCUT2D eigenvalue weighted by molar-refractivity contribution is -0.139. The lowest BCUT2D eigenvalue weighted by atomic mass is 9.93. The number of carbonyl (C=O) groups is 2. The van der Waals surface area contributed by atoms with Gasteiger partial charge in [-0.2, -0.15) is 14.7 Å². The fourth-order valence-electron chi connectivity index (χ4n) is 4.75. The Morgan fingerprint density at radius 2 is 1.80 bits per heavy atom. The molecule has 3 aromatic rings. The molecule has 0 spiro atoms. The van der Waals surface area contributed by atoms with Crippen molar-refractivity contribution in [3.05, 3.63) is 95.7 Å². The van der Waals surface area contributed by atoms with Crippen molar-refractivity contribution in [1.82, 2.24) is 19.0 Å². The lowest BCUT2D eigenvalue weighted by Crippen LogP contribution is -2.42. The van der Waals surface area contributed by atoms with E-state index < -0.39 is 21.8 Å². The molecule has 0 unspecified atom stereocenters. The number of benzene rings is 2. The molecule has 2 aliphatic rings. The quantitative estimate of drug-likeness (QED) is 0.243. The van der Waals surface area contributed by atoms with Crippen molar-refractivity contribution in [3.8, 4) is 23.0 Å². The third-order valence-electron chi connectivity index (χ3n) is 6.92. The van der Waals surface area contributed by atoms with Gasteiger partial charge in [0.25, 0.3) is 11.8 Å². The van der Waals surface area contributed by atoms with Crippen molar-refractivity contribution in [2.45, 2.75) is 11.8 Å². The minimum atomic E-state index is -3.77. The van der Waals surface area contributed by atoms with Crippen LogP contribution in [0.25, 0.3) is 23.0 Å². The summed E-state index contributed by atoms with van der Waals surface area (Å²) in [4.78, 5) is 27.3. The number of hydrogen-bond acceptors (Lipinski definition) is 7. The number of aromatic nitrogens is 2. The molecule has 208 valence electrons. The van der Waals surface area contributed by atoms with E-state index in [1.165, 1.54) is 16.4 Å². The van der Waals surface area contributed by atoms with Crippen LogP contribution in [0.3, 0.4) is 0 Å². The number of para-hydroxylation sites is 1. The number of ether oxygens (including phenoxy) is 1. The van der Waals surface area contributed by atoms with Crippen LogP contribution in [0.5, 0.6) is 0 Å². The lowest BCUT2D eigenvalue weighted by Gasteiger charge is -2.26. The normalized spacial score (nSPS) is 17.7. The molecule has 2 aliphatic heterocycles. The number of imide groups is 1. The molecule has 10 nitrogen and oxygen atoms in total. The van der Waals surface area contributed by atoms with Gasteiger partial charge < -0.3 is 4.74 Å². The number of nitrogens with zero attached hydrogens (tertiary/aromatic N) is 5. The molecule has 0 atom stereocenters. The zero-order chi connectivity index (χ0) is 29.1. The smallest absolute Gasteiger partial charge is 0.271 e. The molecule has 0 bridgehead atoms. The number of morpholine rings is 1. The van der Waals surface area contributed by atoms with Gasteiger partial charge in [-0.25, -0.2) is 13.1 Å². The maximum absolute atomic E-state index is 13.4. The maximum atomic E-state index is 13.4. The van der Waals surface area contributed by atoms with Crippen LogP contribution in [0.15, 0.2) is 95.1 Å². The topological polar surface area (TPSA) is 126 Å².